The lowest BCUT2D eigenvalue weighted by Crippen LogP contribution is -2.16. The van der Waals surface area contributed by atoms with Gasteiger partial charge < -0.3 is 15.7 Å². The maximum absolute atomic E-state index is 11.1. The van der Waals surface area contributed by atoms with E-state index in [1.54, 1.807) is 24.4 Å². The van der Waals surface area contributed by atoms with Crippen LogP contribution in [0.4, 0.5) is 5.69 Å². The Morgan fingerprint density at radius 3 is 3.00 bits per heavy atom. The predicted octanol–water partition coefficient (Wildman–Crippen LogP) is 1.37. The number of aromatic hydroxyl groups is 1. The molecule has 0 aliphatic carbocycles. The standard InChI is InChI=1S/C13H11N3O2/c17-11-4-3-10(9-2-1-5-14-13(9)11)16-8-6-12(18)15-7-8/h1-6,16-17H,7H2,(H,15,18). The van der Waals surface area contributed by atoms with Crippen molar-refractivity contribution in [1.82, 2.24) is 10.3 Å². The number of hydrogen-bond acceptors (Lipinski definition) is 4. The van der Waals surface area contributed by atoms with Gasteiger partial charge in [-0.3, -0.25) is 9.78 Å². The van der Waals surface area contributed by atoms with Crippen molar-refractivity contribution >= 4 is 22.5 Å². The first kappa shape index (κ1) is 10.6. The molecule has 1 aromatic carbocycles. The quantitative estimate of drug-likeness (QED) is 0.694. The molecule has 1 aromatic heterocycles. The van der Waals surface area contributed by atoms with Crippen LogP contribution in [-0.4, -0.2) is 22.5 Å². The number of carbonyl (C=O) groups excluding carboxylic acids is 1. The van der Waals surface area contributed by atoms with E-state index in [1.165, 1.54) is 6.08 Å². The lowest BCUT2D eigenvalue weighted by Gasteiger charge is -2.10. The minimum atomic E-state index is -0.0984. The summed E-state index contributed by atoms with van der Waals surface area (Å²) >= 11 is 0. The fourth-order valence-corrected chi connectivity index (χ4v) is 1.96. The van der Waals surface area contributed by atoms with Crippen LogP contribution in [0.3, 0.4) is 0 Å². The van der Waals surface area contributed by atoms with E-state index >= 15 is 0 Å². The Labute approximate surface area is 103 Å². The van der Waals surface area contributed by atoms with E-state index < -0.39 is 0 Å². The van der Waals surface area contributed by atoms with Gasteiger partial charge in [-0.05, 0) is 24.3 Å². The second kappa shape index (κ2) is 4.03. The molecule has 0 radical (unpaired) electrons. The van der Waals surface area contributed by atoms with Crippen LogP contribution in [0.25, 0.3) is 10.9 Å². The zero-order chi connectivity index (χ0) is 12.5. The number of aromatic nitrogens is 1. The molecule has 1 aliphatic rings. The Morgan fingerprint density at radius 1 is 1.33 bits per heavy atom. The number of amides is 1. The number of phenols is 1. The minimum Gasteiger partial charge on any atom is -0.506 e. The van der Waals surface area contributed by atoms with Gasteiger partial charge in [0, 0.05) is 29.0 Å². The van der Waals surface area contributed by atoms with Gasteiger partial charge in [0.05, 0.1) is 6.54 Å². The zero-order valence-electron chi connectivity index (χ0n) is 9.47. The Morgan fingerprint density at radius 2 is 2.22 bits per heavy atom. The second-order valence-corrected chi connectivity index (χ2v) is 4.04. The van der Waals surface area contributed by atoms with Crippen LogP contribution in [-0.2, 0) is 4.79 Å². The first-order valence-electron chi connectivity index (χ1n) is 5.56. The summed E-state index contributed by atoms with van der Waals surface area (Å²) in [5.74, 6) is 0.0458. The topological polar surface area (TPSA) is 74.2 Å². The highest BCUT2D eigenvalue weighted by atomic mass is 16.3. The highest BCUT2D eigenvalue weighted by Gasteiger charge is 2.12. The highest BCUT2D eigenvalue weighted by Crippen LogP contribution is 2.29. The van der Waals surface area contributed by atoms with E-state index in [9.17, 15) is 9.90 Å². The number of rotatable bonds is 2. The third-order valence-corrected chi connectivity index (χ3v) is 2.80. The number of anilines is 1. The molecule has 2 heterocycles. The average molecular weight is 241 g/mol. The Hall–Kier alpha value is -2.56. The van der Waals surface area contributed by atoms with Gasteiger partial charge in [0.2, 0.25) is 5.91 Å². The Balaban J connectivity index is 2.05. The number of fused-ring (bicyclic) bond motifs is 1. The highest BCUT2D eigenvalue weighted by molar-refractivity contribution is 5.97. The van der Waals surface area contributed by atoms with Crippen LogP contribution in [0.5, 0.6) is 5.75 Å². The fraction of sp³-hybridized carbons (Fsp3) is 0.0769. The summed E-state index contributed by atoms with van der Waals surface area (Å²) in [5, 5.41) is 16.4. The molecule has 0 saturated heterocycles. The van der Waals surface area contributed by atoms with Crippen LogP contribution in [0.2, 0.25) is 0 Å². The number of carbonyl (C=O) groups is 1. The summed E-state index contributed by atoms with van der Waals surface area (Å²) in [6.07, 6.45) is 3.15. The van der Waals surface area contributed by atoms with Gasteiger partial charge >= 0.3 is 0 Å². The monoisotopic (exact) mass is 241 g/mol. The summed E-state index contributed by atoms with van der Waals surface area (Å²) in [5.41, 5.74) is 2.16. The number of phenolic OH excluding ortho intramolecular Hbond substituents is 1. The third kappa shape index (κ3) is 1.75. The van der Waals surface area contributed by atoms with E-state index in [4.69, 9.17) is 0 Å². The van der Waals surface area contributed by atoms with Crippen molar-refractivity contribution in [2.45, 2.75) is 0 Å². The number of benzene rings is 1. The van der Waals surface area contributed by atoms with Crippen molar-refractivity contribution in [1.29, 1.82) is 0 Å². The molecule has 3 N–H and O–H groups in total. The molecule has 0 unspecified atom stereocenters. The molecule has 0 saturated carbocycles. The van der Waals surface area contributed by atoms with Crippen LogP contribution in [0, 0.1) is 0 Å². The zero-order valence-corrected chi connectivity index (χ0v) is 9.47. The van der Waals surface area contributed by atoms with E-state index in [0.717, 1.165) is 16.8 Å². The first-order chi connectivity index (χ1) is 8.74. The van der Waals surface area contributed by atoms with E-state index in [0.29, 0.717) is 12.1 Å². The van der Waals surface area contributed by atoms with Crippen molar-refractivity contribution in [3.63, 3.8) is 0 Å². The molecule has 0 fully saturated rings. The molecular formula is C13H11N3O2. The SMILES string of the molecule is O=C1C=C(Nc2ccc(O)c3ncccc23)CN1. The molecule has 3 rings (SSSR count). The van der Waals surface area contributed by atoms with Gasteiger partial charge in [-0.25, -0.2) is 0 Å². The first-order valence-corrected chi connectivity index (χ1v) is 5.56. The summed E-state index contributed by atoms with van der Waals surface area (Å²) in [7, 11) is 0. The average Bonchev–Trinajstić information content (AvgIpc) is 2.79. The van der Waals surface area contributed by atoms with E-state index in [-0.39, 0.29) is 11.7 Å². The molecule has 90 valence electrons. The van der Waals surface area contributed by atoms with Crippen LogP contribution in [0.15, 0.2) is 42.2 Å². The van der Waals surface area contributed by atoms with Crippen molar-refractivity contribution in [2.75, 3.05) is 11.9 Å². The molecule has 1 aliphatic heterocycles. The fourth-order valence-electron chi connectivity index (χ4n) is 1.96. The molecular weight excluding hydrogens is 230 g/mol. The molecule has 0 bridgehead atoms. The van der Waals surface area contributed by atoms with Gasteiger partial charge in [-0.1, -0.05) is 0 Å². The number of nitrogens with zero attached hydrogens (tertiary/aromatic N) is 1. The maximum Gasteiger partial charge on any atom is 0.246 e. The summed E-state index contributed by atoms with van der Waals surface area (Å²) in [6.45, 7) is 0.488. The van der Waals surface area contributed by atoms with Crippen LogP contribution >= 0.6 is 0 Å². The van der Waals surface area contributed by atoms with Crippen LogP contribution < -0.4 is 10.6 Å². The van der Waals surface area contributed by atoms with E-state index in [1.807, 2.05) is 6.07 Å². The molecule has 5 heteroatoms. The molecule has 2 aromatic rings. The van der Waals surface area contributed by atoms with Crippen molar-refractivity contribution in [2.24, 2.45) is 0 Å². The van der Waals surface area contributed by atoms with Gasteiger partial charge in [-0.15, -0.1) is 0 Å². The van der Waals surface area contributed by atoms with Crippen LogP contribution in [0.1, 0.15) is 0 Å². The lowest BCUT2D eigenvalue weighted by molar-refractivity contribution is -0.115. The molecule has 5 nitrogen and oxygen atoms in total. The van der Waals surface area contributed by atoms with Crippen molar-refractivity contribution in [3.8, 4) is 5.75 Å². The molecule has 1 amide bonds. The number of hydrogen-bond donors (Lipinski definition) is 3. The Kier molecular flexibility index (Phi) is 2.37. The van der Waals surface area contributed by atoms with Gasteiger partial charge in [0.25, 0.3) is 0 Å². The summed E-state index contributed by atoms with van der Waals surface area (Å²) < 4.78 is 0. The third-order valence-electron chi connectivity index (χ3n) is 2.80. The van der Waals surface area contributed by atoms with E-state index in [2.05, 4.69) is 15.6 Å². The number of pyridine rings is 1. The molecule has 0 spiro atoms. The normalized spacial score (nSPS) is 14.4. The smallest absolute Gasteiger partial charge is 0.246 e. The second-order valence-electron chi connectivity index (χ2n) is 4.04. The molecule has 0 atom stereocenters. The molecule has 18 heavy (non-hydrogen) atoms. The van der Waals surface area contributed by atoms with Crippen molar-refractivity contribution in [3.05, 3.63) is 42.2 Å². The minimum absolute atomic E-state index is 0.0984. The predicted molar refractivity (Wildman–Crippen MR) is 68.1 cm³/mol. The van der Waals surface area contributed by atoms with Crippen molar-refractivity contribution < 1.29 is 9.90 Å². The lowest BCUT2D eigenvalue weighted by atomic mass is 10.1. The summed E-state index contributed by atoms with van der Waals surface area (Å²) in [4.78, 5) is 15.2. The van der Waals surface area contributed by atoms with Gasteiger partial charge in [0.15, 0.2) is 0 Å². The maximum atomic E-state index is 11.1. The Bertz CT molecular complexity index is 664. The number of nitrogens with one attached hydrogen (secondary N) is 2. The van der Waals surface area contributed by atoms with Gasteiger partial charge in [-0.2, -0.15) is 0 Å². The largest absolute Gasteiger partial charge is 0.506 e. The van der Waals surface area contributed by atoms with Gasteiger partial charge in [0.1, 0.15) is 11.3 Å². The summed E-state index contributed by atoms with van der Waals surface area (Å²) in [6, 6.07) is 7.03.